The molecule has 0 saturated heterocycles. The maximum Gasteiger partial charge on any atom is 0.321 e. The molecule has 6 nitrogen and oxygen atoms in total. The summed E-state index contributed by atoms with van der Waals surface area (Å²) in [5.41, 5.74) is 1.99. The van der Waals surface area contributed by atoms with E-state index in [4.69, 9.17) is 16.3 Å². The first kappa shape index (κ1) is 20.6. The van der Waals surface area contributed by atoms with E-state index in [0.717, 1.165) is 5.56 Å². The lowest BCUT2D eigenvalue weighted by molar-refractivity contribution is 0.0956. The molecule has 7 heteroatoms. The van der Waals surface area contributed by atoms with Crippen LogP contribution < -0.4 is 15.4 Å². The molecular weight excluding hydrogens is 366 g/mol. The molecule has 27 heavy (non-hydrogen) atoms. The topological polar surface area (TPSA) is 70.7 Å². The summed E-state index contributed by atoms with van der Waals surface area (Å²) in [5.74, 6) is 0.524. The fraction of sp³-hybridized carbons (Fsp3) is 0.300. The van der Waals surface area contributed by atoms with Crippen molar-refractivity contribution in [1.82, 2.24) is 10.2 Å². The zero-order valence-corrected chi connectivity index (χ0v) is 16.5. The van der Waals surface area contributed by atoms with Gasteiger partial charge in [0.15, 0.2) is 0 Å². The van der Waals surface area contributed by atoms with Gasteiger partial charge in [-0.05, 0) is 55.8 Å². The predicted molar refractivity (Wildman–Crippen MR) is 108 cm³/mol. The van der Waals surface area contributed by atoms with Crippen LogP contribution in [0.1, 0.15) is 22.8 Å². The van der Waals surface area contributed by atoms with E-state index < -0.39 is 0 Å². The number of likely N-dealkylation sites (N-methyl/N-ethyl adjacent to an activating group) is 1. The quantitative estimate of drug-likeness (QED) is 0.753. The first-order valence-corrected chi connectivity index (χ1v) is 9.08. The lowest BCUT2D eigenvalue weighted by Crippen LogP contribution is -2.34. The highest BCUT2D eigenvalue weighted by molar-refractivity contribution is 6.30. The number of carbonyl (C=O) groups is 2. The van der Waals surface area contributed by atoms with E-state index in [9.17, 15) is 9.59 Å². The maximum absolute atomic E-state index is 12.4. The number of anilines is 1. The van der Waals surface area contributed by atoms with Crippen LogP contribution in [0, 0.1) is 6.92 Å². The van der Waals surface area contributed by atoms with Crippen molar-refractivity contribution >= 4 is 29.2 Å². The van der Waals surface area contributed by atoms with E-state index in [1.807, 2.05) is 19.9 Å². The Labute approximate surface area is 164 Å². The molecule has 0 radical (unpaired) electrons. The molecule has 3 amide bonds. The van der Waals surface area contributed by atoms with Gasteiger partial charge in [-0.1, -0.05) is 17.7 Å². The van der Waals surface area contributed by atoms with E-state index in [1.54, 1.807) is 43.4 Å². The predicted octanol–water partition coefficient (Wildman–Crippen LogP) is 3.94. The summed E-state index contributed by atoms with van der Waals surface area (Å²) in [6.07, 6.45) is 0. The third kappa shape index (κ3) is 6.18. The molecule has 2 N–H and O–H groups in total. The van der Waals surface area contributed by atoms with Crippen molar-refractivity contribution in [2.45, 2.75) is 13.8 Å². The van der Waals surface area contributed by atoms with Crippen LogP contribution in [0.4, 0.5) is 10.5 Å². The average molecular weight is 390 g/mol. The van der Waals surface area contributed by atoms with E-state index in [2.05, 4.69) is 10.6 Å². The van der Waals surface area contributed by atoms with Crippen LogP contribution in [0.15, 0.2) is 42.5 Å². The highest BCUT2D eigenvalue weighted by Crippen LogP contribution is 2.18. The van der Waals surface area contributed by atoms with Crippen molar-refractivity contribution in [3.05, 3.63) is 58.6 Å². The maximum atomic E-state index is 12.4. The SMILES string of the molecule is CCNC(=O)c1ccc(C)c(NC(=O)N(C)CCOc2ccc(Cl)cc2)c1. The first-order valence-electron chi connectivity index (χ1n) is 8.70. The van der Waals surface area contributed by atoms with Crippen LogP contribution in [0.5, 0.6) is 5.75 Å². The molecule has 0 aliphatic heterocycles. The summed E-state index contributed by atoms with van der Waals surface area (Å²) in [7, 11) is 1.68. The molecule has 0 aliphatic rings. The highest BCUT2D eigenvalue weighted by atomic mass is 35.5. The second-order valence-electron chi connectivity index (χ2n) is 6.04. The van der Waals surface area contributed by atoms with Crippen LogP contribution in [0.2, 0.25) is 5.02 Å². The van der Waals surface area contributed by atoms with Crippen molar-refractivity contribution in [3.8, 4) is 5.75 Å². The van der Waals surface area contributed by atoms with Crippen molar-refractivity contribution < 1.29 is 14.3 Å². The number of ether oxygens (including phenoxy) is 1. The van der Waals surface area contributed by atoms with Crippen LogP contribution in [-0.2, 0) is 0 Å². The van der Waals surface area contributed by atoms with Gasteiger partial charge >= 0.3 is 6.03 Å². The molecule has 2 aromatic carbocycles. The van der Waals surface area contributed by atoms with Gasteiger partial charge in [-0.3, -0.25) is 4.79 Å². The summed E-state index contributed by atoms with van der Waals surface area (Å²) in [4.78, 5) is 25.9. The lowest BCUT2D eigenvalue weighted by Gasteiger charge is -2.19. The van der Waals surface area contributed by atoms with Crippen molar-refractivity contribution in [3.63, 3.8) is 0 Å². The Kier molecular flexibility index (Phi) is 7.49. The van der Waals surface area contributed by atoms with E-state index >= 15 is 0 Å². The second-order valence-corrected chi connectivity index (χ2v) is 6.48. The minimum atomic E-state index is -0.272. The third-order valence-corrected chi connectivity index (χ3v) is 4.19. The Morgan fingerprint density at radius 2 is 1.85 bits per heavy atom. The molecular formula is C20H24ClN3O3. The molecule has 0 fully saturated rings. The molecule has 0 aromatic heterocycles. The van der Waals surface area contributed by atoms with Crippen molar-refractivity contribution in [2.24, 2.45) is 0 Å². The number of aryl methyl sites for hydroxylation is 1. The fourth-order valence-electron chi connectivity index (χ4n) is 2.30. The molecule has 0 unspecified atom stereocenters. The van der Waals surface area contributed by atoms with Gasteiger partial charge in [0.05, 0.1) is 6.54 Å². The van der Waals surface area contributed by atoms with Gasteiger partial charge in [-0.2, -0.15) is 0 Å². The van der Waals surface area contributed by atoms with Gasteiger partial charge in [0.1, 0.15) is 12.4 Å². The Morgan fingerprint density at radius 1 is 1.15 bits per heavy atom. The van der Waals surface area contributed by atoms with Crippen LogP contribution >= 0.6 is 11.6 Å². The largest absolute Gasteiger partial charge is 0.492 e. The normalized spacial score (nSPS) is 10.2. The standard InChI is InChI=1S/C20H24ClN3O3/c1-4-22-19(25)15-6-5-14(2)18(13-15)23-20(26)24(3)11-12-27-17-9-7-16(21)8-10-17/h5-10,13H,4,11-12H2,1-3H3,(H,22,25)(H,23,26). The molecule has 0 saturated carbocycles. The van der Waals surface area contributed by atoms with Gasteiger partial charge in [0, 0.05) is 29.9 Å². The molecule has 0 bridgehead atoms. The average Bonchev–Trinajstić information content (AvgIpc) is 2.65. The van der Waals surface area contributed by atoms with Crippen molar-refractivity contribution in [2.75, 3.05) is 32.1 Å². The number of nitrogens with zero attached hydrogens (tertiary/aromatic N) is 1. The third-order valence-electron chi connectivity index (χ3n) is 3.93. The molecule has 0 atom stereocenters. The zero-order chi connectivity index (χ0) is 19.8. The van der Waals surface area contributed by atoms with E-state index in [-0.39, 0.29) is 11.9 Å². The van der Waals surface area contributed by atoms with Crippen molar-refractivity contribution in [1.29, 1.82) is 0 Å². The van der Waals surface area contributed by atoms with Gasteiger partial charge in [-0.25, -0.2) is 4.79 Å². The fourth-order valence-corrected chi connectivity index (χ4v) is 2.43. The van der Waals surface area contributed by atoms with E-state index in [1.165, 1.54) is 4.90 Å². The van der Waals surface area contributed by atoms with Gasteiger partial charge in [-0.15, -0.1) is 0 Å². The van der Waals surface area contributed by atoms with Crippen LogP contribution in [0.25, 0.3) is 0 Å². The Hall–Kier alpha value is -2.73. The highest BCUT2D eigenvalue weighted by Gasteiger charge is 2.12. The number of rotatable bonds is 7. The number of hydrogen-bond acceptors (Lipinski definition) is 3. The molecule has 0 aliphatic carbocycles. The summed E-state index contributed by atoms with van der Waals surface area (Å²) in [6, 6.07) is 12.0. The van der Waals surface area contributed by atoms with Gasteiger partial charge < -0.3 is 20.3 Å². The second kappa shape index (κ2) is 9.83. The van der Waals surface area contributed by atoms with E-state index in [0.29, 0.717) is 41.7 Å². The van der Waals surface area contributed by atoms with Gasteiger partial charge in [0.25, 0.3) is 5.91 Å². The summed E-state index contributed by atoms with van der Waals surface area (Å²) in [5, 5.41) is 6.22. The lowest BCUT2D eigenvalue weighted by atomic mass is 10.1. The zero-order valence-electron chi connectivity index (χ0n) is 15.7. The summed E-state index contributed by atoms with van der Waals surface area (Å²) in [6.45, 7) is 5.04. The smallest absolute Gasteiger partial charge is 0.321 e. The summed E-state index contributed by atoms with van der Waals surface area (Å²) < 4.78 is 5.60. The first-order chi connectivity index (χ1) is 12.9. The Bertz CT molecular complexity index is 794. The molecule has 2 aromatic rings. The number of benzene rings is 2. The number of amides is 3. The van der Waals surface area contributed by atoms with Gasteiger partial charge in [0.2, 0.25) is 0 Å². The number of hydrogen-bond donors (Lipinski definition) is 2. The number of nitrogens with one attached hydrogen (secondary N) is 2. The monoisotopic (exact) mass is 389 g/mol. The Balaban J connectivity index is 1.90. The molecule has 0 heterocycles. The molecule has 144 valence electrons. The van der Waals surface area contributed by atoms with Crippen LogP contribution in [-0.4, -0.2) is 43.6 Å². The minimum absolute atomic E-state index is 0.169. The summed E-state index contributed by atoms with van der Waals surface area (Å²) >= 11 is 5.83. The number of carbonyl (C=O) groups excluding carboxylic acids is 2. The van der Waals surface area contributed by atoms with Crippen LogP contribution in [0.3, 0.4) is 0 Å². The number of urea groups is 1. The Morgan fingerprint density at radius 3 is 2.52 bits per heavy atom. The minimum Gasteiger partial charge on any atom is -0.492 e. The number of halogens is 1. The molecule has 0 spiro atoms. The molecule has 2 rings (SSSR count).